The minimum Gasteiger partial charge on any atom is -0.489 e. The van der Waals surface area contributed by atoms with Crippen molar-refractivity contribution >= 4 is 6.09 Å². The number of alkyl halides is 3. The number of carbonyl (C=O) groups is 1. The van der Waals surface area contributed by atoms with Gasteiger partial charge < -0.3 is 18.8 Å². The van der Waals surface area contributed by atoms with Crippen LogP contribution in [0, 0.1) is 0 Å². The van der Waals surface area contributed by atoms with E-state index < -0.39 is 23.4 Å². The molecule has 0 atom stereocenters. The smallest absolute Gasteiger partial charge is 0.417 e. The summed E-state index contributed by atoms with van der Waals surface area (Å²) in [6.45, 7) is 6.12. The second-order valence-corrected chi connectivity index (χ2v) is 7.70. The third kappa shape index (κ3) is 5.18. The van der Waals surface area contributed by atoms with Crippen LogP contribution >= 0.6 is 0 Å². The molecule has 0 N–H and O–H groups in total. The Bertz CT molecular complexity index is 839. The number of hydrogen-bond acceptors (Lipinski definition) is 6. The van der Waals surface area contributed by atoms with E-state index >= 15 is 0 Å². The monoisotopic (exact) mass is 413 g/mol. The summed E-state index contributed by atoms with van der Waals surface area (Å²) in [5.41, 5.74) is -1.79. The van der Waals surface area contributed by atoms with Crippen LogP contribution < -0.4 is 4.74 Å². The number of piperidine rings is 1. The van der Waals surface area contributed by atoms with Crippen LogP contribution in [-0.4, -0.2) is 46.0 Å². The molecule has 158 valence electrons. The Hall–Kier alpha value is -2.78. The predicted octanol–water partition coefficient (Wildman–Crippen LogP) is 4.53. The van der Waals surface area contributed by atoms with Gasteiger partial charge in [0.25, 0.3) is 5.89 Å². The van der Waals surface area contributed by atoms with E-state index in [0.717, 1.165) is 12.5 Å². The molecule has 2 heterocycles. The van der Waals surface area contributed by atoms with Crippen molar-refractivity contribution in [2.24, 2.45) is 0 Å². The summed E-state index contributed by atoms with van der Waals surface area (Å²) in [5.74, 6) is -0.251. The molecule has 10 heteroatoms. The number of benzene rings is 1. The number of likely N-dealkylation sites (tertiary alicyclic amines) is 1. The first-order valence-corrected chi connectivity index (χ1v) is 9.16. The maximum atomic E-state index is 13.5. The molecule has 1 fully saturated rings. The van der Waals surface area contributed by atoms with E-state index in [0.29, 0.717) is 25.9 Å². The van der Waals surface area contributed by atoms with E-state index in [1.807, 2.05) is 0 Å². The molecule has 1 amide bonds. The standard InChI is InChI=1S/C19H22F3N3O4/c1-18(2,3)29-17(26)25-9-7-12(8-10-25)28-14-6-4-5-13(19(20,21)22)15(14)16-24-23-11-27-16/h4-6,11-12H,7-10H2,1-3H3. The van der Waals surface area contributed by atoms with Gasteiger partial charge in [0.05, 0.1) is 11.1 Å². The highest BCUT2D eigenvalue weighted by atomic mass is 19.4. The first-order valence-electron chi connectivity index (χ1n) is 9.16. The Labute approximate surface area is 165 Å². The molecule has 3 rings (SSSR count). The summed E-state index contributed by atoms with van der Waals surface area (Å²) in [4.78, 5) is 13.7. The number of ether oxygens (including phenoxy) is 2. The average molecular weight is 413 g/mol. The van der Waals surface area contributed by atoms with Crippen molar-refractivity contribution in [3.63, 3.8) is 0 Å². The molecule has 7 nitrogen and oxygen atoms in total. The van der Waals surface area contributed by atoms with E-state index in [9.17, 15) is 18.0 Å². The van der Waals surface area contributed by atoms with E-state index in [4.69, 9.17) is 13.9 Å². The average Bonchev–Trinajstić information content (AvgIpc) is 3.14. The molecule has 0 saturated carbocycles. The van der Waals surface area contributed by atoms with Crippen LogP contribution in [0.4, 0.5) is 18.0 Å². The summed E-state index contributed by atoms with van der Waals surface area (Å²) < 4.78 is 56.6. The van der Waals surface area contributed by atoms with Crippen molar-refractivity contribution in [1.82, 2.24) is 15.1 Å². The molecule has 1 aliphatic heterocycles. The van der Waals surface area contributed by atoms with E-state index in [2.05, 4.69) is 10.2 Å². The van der Waals surface area contributed by atoms with Gasteiger partial charge >= 0.3 is 12.3 Å². The van der Waals surface area contributed by atoms with Crippen LogP contribution in [0.1, 0.15) is 39.2 Å². The molecule has 0 spiro atoms. The molecular formula is C19H22F3N3O4. The minimum absolute atomic E-state index is 0.0137. The van der Waals surface area contributed by atoms with Crippen LogP contribution in [0.2, 0.25) is 0 Å². The third-order valence-corrected chi connectivity index (χ3v) is 4.29. The second kappa shape index (κ2) is 7.92. The fraction of sp³-hybridized carbons (Fsp3) is 0.526. The molecule has 29 heavy (non-hydrogen) atoms. The number of aromatic nitrogens is 2. The largest absolute Gasteiger partial charge is 0.489 e. The molecule has 1 saturated heterocycles. The van der Waals surface area contributed by atoms with Gasteiger partial charge in [-0.3, -0.25) is 0 Å². The van der Waals surface area contributed by atoms with Crippen molar-refractivity contribution in [1.29, 1.82) is 0 Å². The number of rotatable bonds is 3. The van der Waals surface area contributed by atoms with Crippen molar-refractivity contribution in [3.05, 3.63) is 30.2 Å². The summed E-state index contributed by atoms with van der Waals surface area (Å²) in [6.07, 6.45) is -3.51. The number of carbonyl (C=O) groups excluding carboxylic acids is 1. The number of halogens is 3. The van der Waals surface area contributed by atoms with E-state index in [1.54, 1.807) is 25.7 Å². The van der Waals surface area contributed by atoms with Crippen molar-refractivity contribution in [2.45, 2.75) is 51.5 Å². The highest BCUT2D eigenvalue weighted by molar-refractivity contribution is 5.69. The van der Waals surface area contributed by atoms with Gasteiger partial charge in [0.1, 0.15) is 17.5 Å². The zero-order valence-corrected chi connectivity index (χ0v) is 16.3. The molecule has 1 aromatic carbocycles. The zero-order chi connectivity index (χ0) is 21.2. The lowest BCUT2D eigenvalue weighted by molar-refractivity contribution is -0.137. The van der Waals surface area contributed by atoms with E-state index in [-0.39, 0.29) is 23.3 Å². The first-order chi connectivity index (χ1) is 13.5. The molecule has 1 aromatic heterocycles. The van der Waals surface area contributed by atoms with Crippen molar-refractivity contribution < 1.29 is 31.9 Å². The highest BCUT2D eigenvalue weighted by Crippen LogP contribution is 2.42. The van der Waals surface area contributed by atoms with Gasteiger partial charge in [0.2, 0.25) is 6.39 Å². The second-order valence-electron chi connectivity index (χ2n) is 7.70. The number of amides is 1. The van der Waals surface area contributed by atoms with Gasteiger partial charge in [0.15, 0.2) is 0 Å². The normalized spacial score (nSPS) is 16.0. The Balaban J connectivity index is 1.74. The molecular weight excluding hydrogens is 391 g/mol. The fourth-order valence-corrected chi connectivity index (χ4v) is 3.03. The van der Waals surface area contributed by atoms with Gasteiger partial charge in [-0.25, -0.2) is 4.79 Å². The Morgan fingerprint density at radius 1 is 1.21 bits per heavy atom. The van der Waals surface area contributed by atoms with Crippen LogP contribution in [0.5, 0.6) is 5.75 Å². The molecule has 0 unspecified atom stereocenters. The molecule has 2 aromatic rings. The van der Waals surface area contributed by atoms with Gasteiger partial charge in [-0.2, -0.15) is 13.2 Å². The van der Waals surface area contributed by atoms with Gasteiger partial charge in [-0.15, -0.1) is 10.2 Å². The summed E-state index contributed by atoms with van der Waals surface area (Å²) in [6, 6.07) is 3.65. The first kappa shape index (κ1) is 20.9. The summed E-state index contributed by atoms with van der Waals surface area (Å²) in [7, 11) is 0. The summed E-state index contributed by atoms with van der Waals surface area (Å²) in [5, 5.41) is 7.09. The van der Waals surface area contributed by atoms with Crippen LogP contribution in [-0.2, 0) is 10.9 Å². The van der Waals surface area contributed by atoms with E-state index in [1.165, 1.54) is 12.1 Å². The summed E-state index contributed by atoms with van der Waals surface area (Å²) >= 11 is 0. The maximum absolute atomic E-state index is 13.5. The van der Waals surface area contributed by atoms with Crippen LogP contribution in [0.3, 0.4) is 0 Å². The lowest BCUT2D eigenvalue weighted by atomic mass is 10.0. The highest BCUT2D eigenvalue weighted by Gasteiger charge is 2.37. The molecule has 1 aliphatic rings. The predicted molar refractivity (Wildman–Crippen MR) is 96.2 cm³/mol. The van der Waals surface area contributed by atoms with Crippen molar-refractivity contribution in [2.75, 3.05) is 13.1 Å². The Morgan fingerprint density at radius 3 is 2.45 bits per heavy atom. The minimum atomic E-state index is -4.61. The Morgan fingerprint density at radius 2 is 1.90 bits per heavy atom. The quantitative estimate of drug-likeness (QED) is 0.736. The van der Waals surface area contributed by atoms with Crippen LogP contribution in [0.15, 0.2) is 29.0 Å². The van der Waals surface area contributed by atoms with Crippen molar-refractivity contribution in [3.8, 4) is 17.2 Å². The van der Waals surface area contributed by atoms with Crippen LogP contribution in [0.25, 0.3) is 11.5 Å². The van der Waals surface area contributed by atoms with Gasteiger partial charge in [-0.05, 0) is 32.9 Å². The number of hydrogen-bond donors (Lipinski definition) is 0. The molecule has 0 radical (unpaired) electrons. The SMILES string of the molecule is CC(C)(C)OC(=O)N1CCC(Oc2cccc(C(F)(F)F)c2-c2nnco2)CC1. The van der Waals surface area contributed by atoms with Gasteiger partial charge in [-0.1, -0.05) is 6.07 Å². The zero-order valence-electron chi connectivity index (χ0n) is 16.3. The molecule has 0 aliphatic carbocycles. The number of nitrogens with zero attached hydrogens (tertiary/aromatic N) is 3. The fourth-order valence-electron chi connectivity index (χ4n) is 3.03. The topological polar surface area (TPSA) is 77.7 Å². The third-order valence-electron chi connectivity index (χ3n) is 4.29. The lowest BCUT2D eigenvalue weighted by Crippen LogP contribution is -2.44. The lowest BCUT2D eigenvalue weighted by Gasteiger charge is -2.33. The maximum Gasteiger partial charge on any atom is 0.417 e. The molecule has 0 bridgehead atoms. The Kier molecular flexibility index (Phi) is 5.72. The van der Waals surface area contributed by atoms with Gasteiger partial charge in [0, 0.05) is 25.9 Å².